The Morgan fingerprint density at radius 1 is 1.24 bits per heavy atom. The Hall–Kier alpha value is -2.68. The predicted octanol–water partition coefficient (Wildman–Crippen LogP) is 4.35. The van der Waals surface area contributed by atoms with Crippen molar-refractivity contribution in [3.8, 4) is 0 Å². The van der Waals surface area contributed by atoms with Gasteiger partial charge in [-0.25, -0.2) is 14.0 Å². The van der Waals surface area contributed by atoms with Crippen molar-refractivity contribution >= 4 is 18.0 Å². The molecule has 0 spiro atoms. The predicted molar refractivity (Wildman–Crippen MR) is 125 cm³/mol. The van der Waals surface area contributed by atoms with Crippen molar-refractivity contribution in [1.29, 1.82) is 0 Å². The second kappa shape index (κ2) is 13.9. The van der Waals surface area contributed by atoms with Gasteiger partial charge in [0.05, 0.1) is 18.6 Å². The van der Waals surface area contributed by atoms with E-state index in [1.54, 1.807) is 46.8 Å². The number of halogens is 1. The highest BCUT2D eigenvalue weighted by molar-refractivity contribution is 5.81. The van der Waals surface area contributed by atoms with E-state index in [-0.39, 0.29) is 30.4 Å². The molecule has 0 aromatic heterocycles. The molecule has 2 unspecified atom stereocenters. The topological polar surface area (TPSA) is 111 Å². The number of alkyl carbamates (subject to hydrolysis) is 1. The maximum absolute atomic E-state index is 13.1. The van der Waals surface area contributed by atoms with Gasteiger partial charge in [0, 0.05) is 6.61 Å². The molecule has 1 aliphatic heterocycles. The molecule has 1 fully saturated rings. The molecule has 0 radical (unpaired) electrons. The van der Waals surface area contributed by atoms with E-state index >= 15 is 0 Å². The molecule has 1 aromatic carbocycles. The van der Waals surface area contributed by atoms with Crippen molar-refractivity contribution in [1.82, 2.24) is 5.32 Å². The molecule has 1 aliphatic rings. The van der Waals surface area contributed by atoms with E-state index < -0.39 is 29.7 Å². The van der Waals surface area contributed by atoms with Gasteiger partial charge in [-0.05, 0) is 70.6 Å². The second-order valence-corrected chi connectivity index (χ2v) is 9.74. The van der Waals surface area contributed by atoms with Gasteiger partial charge in [-0.3, -0.25) is 4.79 Å². The average Bonchev–Trinajstić information content (AvgIpc) is 2.70. The molecular formula is C25H38FNO7. The monoisotopic (exact) mass is 483 g/mol. The zero-order valence-corrected chi connectivity index (χ0v) is 20.9. The SMILES string of the molecule is CC(C)C(=O)O.CC1CC(Cc2ccc(F)cc2)CCOC[C@H](NC(=O)OC(C)(C)C)C(=O)O1. The number of carboxylic acids is 1. The Morgan fingerprint density at radius 2 is 1.82 bits per heavy atom. The van der Waals surface area contributed by atoms with Crippen LogP contribution in [0, 0.1) is 17.7 Å². The van der Waals surface area contributed by atoms with Crippen LogP contribution in [-0.2, 0) is 30.2 Å². The van der Waals surface area contributed by atoms with E-state index in [2.05, 4.69) is 5.32 Å². The second-order valence-electron chi connectivity index (χ2n) is 9.74. The van der Waals surface area contributed by atoms with Crippen LogP contribution in [0.5, 0.6) is 0 Å². The Balaban J connectivity index is 0.000000852. The zero-order valence-electron chi connectivity index (χ0n) is 20.9. The molecule has 2 N–H and O–H groups in total. The molecule has 34 heavy (non-hydrogen) atoms. The first kappa shape index (κ1) is 29.4. The lowest BCUT2D eigenvalue weighted by molar-refractivity contribution is -0.154. The number of ether oxygens (including phenoxy) is 3. The van der Waals surface area contributed by atoms with Gasteiger partial charge in [0.1, 0.15) is 11.4 Å². The number of nitrogens with one attached hydrogen (secondary N) is 1. The normalized spacial score (nSPS) is 21.5. The number of carbonyl (C=O) groups is 3. The summed E-state index contributed by atoms with van der Waals surface area (Å²) in [7, 11) is 0. The first-order valence-electron chi connectivity index (χ1n) is 11.5. The zero-order chi connectivity index (χ0) is 25.9. The molecule has 1 saturated heterocycles. The third-order valence-corrected chi connectivity index (χ3v) is 4.84. The van der Waals surface area contributed by atoms with Crippen LogP contribution in [0.4, 0.5) is 9.18 Å². The van der Waals surface area contributed by atoms with Crippen molar-refractivity contribution in [2.75, 3.05) is 13.2 Å². The maximum atomic E-state index is 13.1. The molecule has 8 nitrogen and oxygen atoms in total. The fourth-order valence-corrected chi connectivity index (χ4v) is 3.12. The highest BCUT2D eigenvalue weighted by Crippen LogP contribution is 2.21. The van der Waals surface area contributed by atoms with Crippen molar-refractivity contribution in [3.05, 3.63) is 35.6 Å². The number of carbonyl (C=O) groups excluding carboxylic acids is 2. The summed E-state index contributed by atoms with van der Waals surface area (Å²) in [5.41, 5.74) is 0.373. The minimum Gasteiger partial charge on any atom is -0.481 e. The fraction of sp³-hybridized carbons (Fsp3) is 0.640. The van der Waals surface area contributed by atoms with Gasteiger partial charge in [0.15, 0.2) is 6.04 Å². The van der Waals surface area contributed by atoms with Crippen LogP contribution in [0.3, 0.4) is 0 Å². The lowest BCUT2D eigenvalue weighted by Crippen LogP contribution is -2.48. The molecule has 1 aromatic rings. The number of esters is 1. The molecule has 9 heteroatoms. The summed E-state index contributed by atoms with van der Waals surface area (Å²) in [5.74, 6) is -1.53. The number of carboxylic acid groups (broad SMARTS) is 1. The summed E-state index contributed by atoms with van der Waals surface area (Å²) < 4.78 is 29.4. The molecule has 0 aliphatic carbocycles. The number of rotatable bonds is 4. The fourth-order valence-electron chi connectivity index (χ4n) is 3.12. The van der Waals surface area contributed by atoms with Crippen molar-refractivity contribution in [2.24, 2.45) is 11.8 Å². The highest BCUT2D eigenvalue weighted by atomic mass is 19.1. The van der Waals surface area contributed by atoms with Crippen LogP contribution in [0.25, 0.3) is 0 Å². The van der Waals surface area contributed by atoms with Crippen molar-refractivity contribution < 1.29 is 38.1 Å². The van der Waals surface area contributed by atoms with E-state index in [0.29, 0.717) is 13.0 Å². The number of cyclic esters (lactones) is 1. The van der Waals surface area contributed by atoms with Gasteiger partial charge < -0.3 is 24.6 Å². The van der Waals surface area contributed by atoms with E-state index in [0.717, 1.165) is 18.4 Å². The number of amides is 1. The first-order valence-corrected chi connectivity index (χ1v) is 11.5. The number of hydrogen-bond acceptors (Lipinski definition) is 6. The summed E-state index contributed by atoms with van der Waals surface area (Å²) in [6.45, 7) is 10.8. The summed E-state index contributed by atoms with van der Waals surface area (Å²) in [4.78, 5) is 34.1. The van der Waals surface area contributed by atoms with Crippen LogP contribution < -0.4 is 5.32 Å². The van der Waals surface area contributed by atoms with E-state index in [9.17, 15) is 18.8 Å². The Kier molecular flexibility index (Phi) is 12.0. The standard InChI is InChI=1S/C21H30FNO5.C4H8O2/c1-14-11-16(12-15-5-7-17(22)8-6-15)9-10-26-13-18(19(24)27-14)23-20(25)28-21(2,3)4;1-3(2)4(5)6/h5-8,14,16,18H,9-13H2,1-4H3,(H,23,25);3H,1-2H3,(H,5,6)/t14?,16?,18-;/m0./s1. The van der Waals surface area contributed by atoms with Crippen molar-refractivity contribution in [2.45, 2.75) is 78.6 Å². The number of benzene rings is 1. The average molecular weight is 484 g/mol. The molecule has 0 bridgehead atoms. The molecular weight excluding hydrogens is 445 g/mol. The van der Waals surface area contributed by atoms with Crippen LogP contribution in [0.15, 0.2) is 24.3 Å². The van der Waals surface area contributed by atoms with Gasteiger partial charge in [0.25, 0.3) is 0 Å². The van der Waals surface area contributed by atoms with E-state index in [4.69, 9.17) is 19.3 Å². The van der Waals surface area contributed by atoms with Crippen LogP contribution >= 0.6 is 0 Å². The summed E-state index contributed by atoms with van der Waals surface area (Å²) in [6, 6.07) is 5.52. The number of hydrogen-bond donors (Lipinski definition) is 2. The smallest absolute Gasteiger partial charge is 0.408 e. The van der Waals surface area contributed by atoms with E-state index in [1.165, 1.54) is 12.1 Å². The summed E-state index contributed by atoms with van der Waals surface area (Å²) >= 11 is 0. The molecule has 1 amide bonds. The van der Waals surface area contributed by atoms with Crippen LogP contribution in [0.1, 0.15) is 59.9 Å². The lowest BCUT2D eigenvalue weighted by Gasteiger charge is -2.27. The third-order valence-electron chi connectivity index (χ3n) is 4.84. The van der Waals surface area contributed by atoms with Gasteiger partial charge in [-0.2, -0.15) is 0 Å². The quantitative estimate of drug-likeness (QED) is 0.613. The Bertz CT molecular complexity index is 789. The summed E-state index contributed by atoms with van der Waals surface area (Å²) in [6.07, 6.45) is 1.20. The lowest BCUT2D eigenvalue weighted by atomic mass is 9.91. The third kappa shape index (κ3) is 12.5. The largest absolute Gasteiger partial charge is 0.481 e. The van der Waals surface area contributed by atoms with Gasteiger partial charge in [-0.15, -0.1) is 0 Å². The molecule has 2 rings (SSSR count). The van der Waals surface area contributed by atoms with Gasteiger partial charge in [0.2, 0.25) is 0 Å². The highest BCUT2D eigenvalue weighted by Gasteiger charge is 2.29. The maximum Gasteiger partial charge on any atom is 0.408 e. The Morgan fingerprint density at radius 3 is 2.35 bits per heavy atom. The summed E-state index contributed by atoms with van der Waals surface area (Å²) in [5, 5.41) is 10.5. The van der Waals surface area contributed by atoms with Gasteiger partial charge >= 0.3 is 18.0 Å². The molecule has 1 heterocycles. The van der Waals surface area contributed by atoms with Crippen molar-refractivity contribution in [3.63, 3.8) is 0 Å². The number of aliphatic carboxylic acids is 1. The van der Waals surface area contributed by atoms with Crippen LogP contribution in [-0.4, -0.2) is 54.1 Å². The van der Waals surface area contributed by atoms with Crippen LogP contribution in [0.2, 0.25) is 0 Å². The Labute approximate surface area is 201 Å². The van der Waals surface area contributed by atoms with E-state index in [1.807, 2.05) is 6.92 Å². The molecule has 3 atom stereocenters. The van der Waals surface area contributed by atoms with Gasteiger partial charge in [-0.1, -0.05) is 26.0 Å². The minimum absolute atomic E-state index is 0.0219. The first-order chi connectivity index (χ1) is 15.8. The molecule has 192 valence electrons. The minimum atomic E-state index is -0.911. The molecule has 0 saturated carbocycles.